The van der Waals surface area contributed by atoms with E-state index in [1.807, 2.05) is 81.4 Å². The molecular formula is C28H40N4O6. The van der Waals surface area contributed by atoms with Gasteiger partial charge in [0.05, 0.1) is 24.3 Å². The summed E-state index contributed by atoms with van der Waals surface area (Å²) in [5.41, 5.74) is 1.22. The van der Waals surface area contributed by atoms with E-state index in [0.29, 0.717) is 19.3 Å². The minimum absolute atomic E-state index is 0.0121. The molecule has 0 aliphatic rings. The third kappa shape index (κ3) is 10.5. The molecule has 2 rings (SSSR count). The van der Waals surface area contributed by atoms with Gasteiger partial charge < -0.3 is 36.6 Å². The molecule has 10 nitrogen and oxygen atoms in total. The highest BCUT2D eigenvalue weighted by atomic mass is 16.4. The highest BCUT2D eigenvalue weighted by Crippen LogP contribution is 2.19. The maximum atomic E-state index is 13.1. The summed E-state index contributed by atoms with van der Waals surface area (Å²) < 4.78 is 0. The van der Waals surface area contributed by atoms with Crippen LogP contribution in [0.15, 0.2) is 60.7 Å². The molecule has 2 unspecified atom stereocenters. The zero-order chi connectivity index (χ0) is 28.1. The lowest BCUT2D eigenvalue weighted by atomic mass is 9.86. The van der Waals surface area contributed by atoms with Crippen molar-refractivity contribution in [3.8, 4) is 0 Å². The second kappa shape index (κ2) is 15.1. The maximum absolute atomic E-state index is 13.1. The number of hydrogen-bond acceptors (Lipinski definition) is 6. The van der Waals surface area contributed by atoms with Crippen LogP contribution in [0.25, 0.3) is 0 Å². The number of rotatable bonds is 15. The molecule has 2 aromatic carbocycles. The second-order valence-corrected chi connectivity index (χ2v) is 10.4. The number of aliphatic hydroxyl groups is 2. The van der Waals surface area contributed by atoms with E-state index in [0.717, 1.165) is 11.1 Å². The highest BCUT2D eigenvalue weighted by molar-refractivity contribution is 5.84. The smallest absolute Gasteiger partial charge is 0.404 e. The van der Waals surface area contributed by atoms with Gasteiger partial charge in [-0.05, 0) is 29.4 Å². The molecule has 38 heavy (non-hydrogen) atoms. The Hall–Kier alpha value is -3.47. The van der Waals surface area contributed by atoms with Crippen molar-refractivity contribution in [2.24, 2.45) is 5.41 Å². The first kappa shape index (κ1) is 30.8. The first-order valence-electron chi connectivity index (χ1n) is 12.7. The van der Waals surface area contributed by atoms with Crippen molar-refractivity contribution in [1.29, 1.82) is 0 Å². The Morgan fingerprint density at radius 1 is 0.816 bits per heavy atom. The lowest BCUT2D eigenvalue weighted by molar-refractivity contribution is -0.129. The summed E-state index contributed by atoms with van der Waals surface area (Å²) in [6.07, 6.45) is -2.23. The molecule has 0 radical (unpaired) electrons. The van der Waals surface area contributed by atoms with E-state index >= 15 is 0 Å². The van der Waals surface area contributed by atoms with E-state index in [4.69, 9.17) is 0 Å². The van der Waals surface area contributed by atoms with Gasteiger partial charge in [0, 0.05) is 13.1 Å². The molecule has 0 saturated heterocycles. The van der Waals surface area contributed by atoms with E-state index in [2.05, 4.69) is 21.3 Å². The third-order valence-corrected chi connectivity index (χ3v) is 6.23. The lowest BCUT2D eigenvalue weighted by Gasteiger charge is -2.32. The predicted molar refractivity (Wildman–Crippen MR) is 144 cm³/mol. The summed E-state index contributed by atoms with van der Waals surface area (Å²) in [7, 11) is 0. The van der Waals surface area contributed by atoms with Gasteiger partial charge in [0.1, 0.15) is 6.04 Å². The van der Waals surface area contributed by atoms with E-state index in [-0.39, 0.29) is 13.1 Å². The minimum Gasteiger partial charge on any atom is -0.465 e. The molecule has 5 atom stereocenters. The number of hydrogen-bond donors (Lipinski definition) is 7. The molecule has 0 spiro atoms. The topological polar surface area (TPSA) is 160 Å². The number of carbonyl (C=O) groups excluding carboxylic acids is 2. The summed E-state index contributed by atoms with van der Waals surface area (Å²) >= 11 is 0. The summed E-state index contributed by atoms with van der Waals surface area (Å²) in [4.78, 5) is 35.4. The molecule has 0 saturated carbocycles. The van der Waals surface area contributed by atoms with Gasteiger partial charge in [0.2, 0.25) is 12.3 Å². The van der Waals surface area contributed by atoms with Crippen LogP contribution >= 0.6 is 0 Å². The van der Waals surface area contributed by atoms with Crippen molar-refractivity contribution in [3.05, 3.63) is 71.8 Å². The van der Waals surface area contributed by atoms with Gasteiger partial charge >= 0.3 is 6.09 Å². The van der Waals surface area contributed by atoms with Crippen LogP contribution in [-0.2, 0) is 22.4 Å². The Bertz CT molecular complexity index is 999. The molecule has 0 aromatic heterocycles. The number of benzene rings is 2. The van der Waals surface area contributed by atoms with Crippen LogP contribution < -0.4 is 21.3 Å². The number of amides is 3. The first-order chi connectivity index (χ1) is 18.0. The standard InChI is InChI=1S/C28H40N4O6/c1-28(2,3)25(30-18-33)26(36)31-21(14-19-10-6-4-7-11-19)23(34)16-29-17-24(35)22(32-27(37)38)15-20-12-8-5-9-13-20/h4-13,18,21-25,29,32,34-35H,14-17H2,1-3H3,(H,30,33)(H,31,36)(H,37,38)/t21-,22-,23?,24+,25?/m0/s1. The summed E-state index contributed by atoms with van der Waals surface area (Å²) in [6.45, 7) is 5.53. The fourth-order valence-electron chi connectivity index (χ4n) is 4.18. The van der Waals surface area contributed by atoms with Gasteiger partial charge in [0.15, 0.2) is 0 Å². The number of aliphatic hydroxyl groups excluding tert-OH is 2. The predicted octanol–water partition coefficient (Wildman–Crippen LogP) is 1.06. The minimum atomic E-state index is -1.24. The quantitative estimate of drug-likeness (QED) is 0.170. The highest BCUT2D eigenvalue weighted by Gasteiger charge is 2.33. The summed E-state index contributed by atoms with van der Waals surface area (Å²) in [6, 6.07) is 16.3. The SMILES string of the molecule is CC(C)(C)C(NC=O)C(=O)N[C@@H](Cc1ccccc1)C(O)CNC[C@@H](O)[C@H](Cc1ccccc1)NC(=O)O. The van der Waals surface area contributed by atoms with Gasteiger partial charge in [0.25, 0.3) is 0 Å². The van der Waals surface area contributed by atoms with Crippen LogP contribution in [0.4, 0.5) is 4.79 Å². The van der Waals surface area contributed by atoms with Crippen LogP contribution in [-0.4, -0.2) is 77.2 Å². The monoisotopic (exact) mass is 528 g/mol. The molecule has 0 aliphatic heterocycles. The molecule has 7 N–H and O–H groups in total. The van der Waals surface area contributed by atoms with Gasteiger partial charge in [-0.3, -0.25) is 9.59 Å². The Balaban J connectivity index is 2.06. The molecular weight excluding hydrogens is 488 g/mol. The number of carboxylic acid groups (broad SMARTS) is 1. The van der Waals surface area contributed by atoms with Crippen LogP contribution in [0.5, 0.6) is 0 Å². The summed E-state index contributed by atoms with van der Waals surface area (Å²) in [5.74, 6) is -0.418. The Labute approximate surface area is 223 Å². The molecule has 3 amide bonds. The third-order valence-electron chi connectivity index (χ3n) is 6.23. The van der Waals surface area contributed by atoms with Crippen LogP contribution in [0.3, 0.4) is 0 Å². The average Bonchev–Trinajstić information content (AvgIpc) is 2.86. The summed E-state index contributed by atoms with van der Waals surface area (Å²) in [5, 5.41) is 41.7. The van der Waals surface area contributed by atoms with E-state index in [1.54, 1.807) is 0 Å². The fourth-order valence-corrected chi connectivity index (χ4v) is 4.18. The van der Waals surface area contributed by atoms with Gasteiger partial charge in [-0.2, -0.15) is 0 Å². The Morgan fingerprint density at radius 3 is 1.66 bits per heavy atom. The van der Waals surface area contributed by atoms with Crippen molar-refractivity contribution in [3.63, 3.8) is 0 Å². The van der Waals surface area contributed by atoms with Gasteiger partial charge in [-0.25, -0.2) is 4.79 Å². The largest absolute Gasteiger partial charge is 0.465 e. The number of nitrogens with one attached hydrogen (secondary N) is 4. The first-order valence-corrected chi connectivity index (χ1v) is 12.7. The van der Waals surface area contributed by atoms with E-state index < -0.39 is 47.7 Å². The maximum Gasteiger partial charge on any atom is 0.404 e. The van der Waals surface area contributed by atoms with Crippen LogP contribution in [0.2, 0.25) is 0 Å². The van der Waals surface area contributed by atoms with Crippen molar-refractivity contribution in [2.45, 2.75) is 63.9 Å². The Morgan fingerprint density at radius 2 is 1.26 bits per heavy atom. The fraction of sp³-hybridized carbons (Fsp3) is 0.464. The average molecular weight is 529 g/mol. The molecule has 0 bridgehead atoms. The molecule has 0 fully saturated rings. The zero-order valence-electron chi connectivity index (χ0n) is 22.1. The van der Waals surface area contributed by atoms with Crippen LogP contribution in [0.1, 0.15) is 31.9 Å². The molecule has 10 heteroatoms. The Kier molecular flexibility index (Phi) is 12.2. The zero-order valence-corrected chi connectivity index (χ0v) is 22.1. The van der Waals surface area contributed by atoms with Crippen molar-refractivity contribution < 1.29 is 29.7 Å². The second-order valence-electron chi connectivity index (χ2n) is 10.4. The van der Waals surface area contributed by atoms with Crippen molar-refractivity contribution in [1.82, 2.24) is 21.3 Å². The van der Waals surface area contributed by atoms with E-state index in [9.17, 15) is 29.7 Å². The molecule has 2 aromatic rings. The van der Waals surface area contributed by atoms with Gasteiger partial charge in [-0.1, -0.05) is 81.4 Å². The number of carbonyl (C=O) groups is 3. The molecule has 208 valence electrons. The van der Waals surface area contributed by atoms with E-state index in [1.165, 1.54) is 0 Å². The molecule has 0 aliphatic carbocycles. The van der Waals surface area contributed by atoms with Crippen molar-refractivity contribution in [2.75, 3.05) is 13.1 Å². The van der Waals surface area contributed by atoms with Crippen LogP contribution in [0, 0.1) is 5.41 Å². The van der Waals surface area contributed by atoms with Crippen molar-refractivity contribution >= 4 is 18.4 Å². The van der Waals surface area contributed by atoms with Gasteiger partial charge in [-0.15, -0.1) is 0 Å². The lowest BCUT2D eigenvalue weighted by Crippen LogP contribution is -2.57. The normalized spacial score (nSPS) is 15.4. The molecule has 0 heterocycles.